The molecule has 0 saturated heterocycles. The van der Waals surface area contributed by atoms with Gasteiger partial charge in [-0.05, 0) is 13.0 Å². The van der Waals surface area contributed by atoms with Crippen LogP contribution < -0.4 is 4.74 Å². The van der Waals surface area contributed by atoms with Crippen molar-refractivity contribution in [2.75, 3.05) is 12.9 Å². The van der Waals surface area contributed by atoms with Gasteiger partial charge in [-0.15, -0.1) is 0 Å². The lowest BCUT2D eigenvalue weighted by atomic mass is 10.4. The lowest BCUT2D eigenvalue weighted by Crippen LogP contribution is -2.03. The van der Waals surface area contributed by atoms with Gasteiger partial charge in [-0.1, -0.05) is 3.95 Å². The topological polar surface area (TPSA) is 69.2 Å². The molecule has 1 unspecified atom stereocenters. The van der Waals surface area contributed by atoms with E-state index in [2.05, 4.69) is 4.98 Å². The van der Waals surface area contributed by atoms with Gasteiger partial charge in [0.2, 0.25) is 5.88 Å². The number of nitrogens with zero attached hydrogens (tertiary/aromatic N) is 3. The standard InChI is InChI=1S/C9H11N3O2S/c1-3-14-9-5-4-8(6-11-9)12(7-10)15(2)13/h4-6H,3H2,1-2H3/p+1. The Balaban J connectivity index is 2.99. The van der Waals surface area contributed by atoms with Gasteiger partial charge in [0.25, 0.3) is 0 Å². The summed E-state index contributed by atoms with van der Waals surface area (Å²) in [4.78, 5) is 4.00. The first-order valence-electron chi connectivity index (χ1n) is 4.33. The van der Waals surface area contributed by atoms with Crippen molar-refractivity contribution < 1.29 is 13.2 Å². The van der Waals surface area contributed by atoms with Crippen molar-refractivity contribution in [1.82, 2.24) is 4.98 Å². The maximum absolute atomic E-state index is 9.31. The number of hydrogen-bond acceptors (Lipinski definition) is 3. The summed E-state index contributed by atoms with van der Waals surface area (Å²) >= 11 is 0. The zero-order valence-corrected chi connectivity index (χ0v) is 9.36. The normalized spacial score (nSPS) is 12.8. The van der Waals surface area contributed by atoms with Crippen molar-refractivity contribution in [3.63, 3.8) is 0 Å². The van der Waals surface area contributed by atoms with Crippen LogP contribution in [0.2, 0.25) is 0 Å². The number of hydrogen-bond donors (Lipinski definition) is 1. The molecule has 0 amide bonds. The van der Waals surface area contributed by atoms with Gasteiger partial charge in [0.05, 0.1) is 12.8 Å². The monoisotopic (exact) mass is 226 g/mol. The quantitative estimate of drug-likeness (QED) is 0.482. The maximum Gasteiger partial charge on any atom is 0.473 e. The molecule has 0 aliphatic rings. The first-order chi connectivity index (χ1) is 7.19. The highest BCUT2D eigenvalue weighted by Crippen LogP contribution is 2.14. The predicted octanol–water partition coefficient (Wildman–Crippen LogP) is 1.51. The third-order valence-electron chi connectivity index (χ3n) is 1.60. The molecule has 6 heteroatoms. The van der Waals surface area contributed by atoms with Crippen LogP contribution in [0.4, 0.5) is 5.69 Å². The first kappa shape index (κ1) is 11.6. The summed E-state index contributed by atoms with van der Waals surface area (Å²) in [7, 11) is -1.12. The van der Waals surface area contributed by atoms with E-state index in [1.165, 1.54) is 10.1 Å². The van der Waals surface area contributed by atoms with Crippen LogP contribution >= 0.6 is 0 Å². The van der Waals surface area contributed by atoms with Crippen molar-refractivity contribution in [1.29, 1.82) is 5.26 Å². The lowest BCUT2D eigenvalue weighted by Gasteiger charge is -2.01. The third kappa shape index (κ3) is 3.01. The number of rotatable bonds is 3. The molecule has 0 fully saturated rings. The molecule has 1 aromatic rings. The van der Waals surface area contributed by atoms with Crippen LogP contribution in [0.15, 0.2) is 18.3 Å². The Morgan fingerprint density at radius 3 is 2.80 bits per heavy atom. The largest absolute Gasteiger partial charge is 0.478 e. The molecule has 1 N–H and O–H groups in total. The molecule has 0 spiro atoms. The molecule has 80 valence electrons. The van der Waals surface area contributed by atoms with E-state index in [4.69, 9.17) is 10.00 Å². The minimum atomic E-state index is -1.12. The van der Waals surface area contributed by atoms with Crippen LogP contribution in [0, 0.1) is 11.5 Å². The molecule has 1 atom stereocenters. The van der Waals surface area contributed by atoms with E-state index >= 15 is 0 Å². The van der Waals surface area contributed by atoms with Crippen LogP contribution in [0.3, 0.4) is 0 Å². The second kappa shape index (κ2) is 5.44. The van der Waals surface area contributed by atoms with Gasteiger partial charge in [-0.3, -0.25) is 0 Å². The zero-order valence-electron chi connectivity index (χ0n) is 8.54. The number of aromatic nitrogens is 1. The summed E-state index contributed by atoms with van der Waals surface area (Å²) in [5.74, 6) is 0.507. The van der Waals surface area contributed by atoms with Crippen molar-refractivity contribution in [3.8, 4) is 12.1 Å². The molecule has 0 aliphatic heterocycles. The van der Waals surface area contributed by atoms with Gasteiger partial charge < -0.3 is 9.29 Å². The summed E-state index contributed by atoms with van der Waals surface area (Å²) < 4.78 is 15.7. The fourth-order valence-electron chi connectivity index (χ4n) is 0.995. The van der Waals surface area contributed by atoms with Crippen molar-refractivity contribution >= 4 is 16.7 Å². The van der Waals surface area contributed by atoms with Gasteiger partial charge in [0.15, 0.2) is 10.9 Å². The van der Waals surface area contributed by atoms with Crippen molar-refractivity contribution in [3.05, 3.63) is 18.3 Å². The average molecular weight is 226 g/mol. The van der Waals surface area contributed by atoms with Gasteiger partial charge in [0, 0.05) is 12.3 Å². The predicted molar refractivity (Wildman–Crippen MR) is 56.9 cm³/mol. The molecule has 5 nitrogen and oxygen atoms in total. The summed E-state index contributed by atoms with van der Waals surface area (Å²) in [6.45, 7) is 2.42. The minimum Gasteiger partial charge on any atom is -0.478 e. The Morgan fingerprint density at radius 1 is 1.67 bits per heavy atom. The average Bonchev–Trinajstić information content (AvgIpc) is 2.21. The van der Waals surface area contributed by atoms with Gasteiger partial charge in [0.1, 0.15) is 11.0 Å². The number of ether oxygens (including phenoxy) is 1. The maximum atomic E-state index is 9.31. The van der Waals surface area contributed by atoms with Crippen LogP contribution in [0.1, 0.15) is 6.92 Å². The van der Waals surface area contributed by atoms with Gasteiger partial charge in [-0.25, -0.2) is 4.98 Å². The zero-order chi connectivity index (χ0) is 11.3. The molecule has 0 radical (unpaired) electrons. The Bertz CT molecular complexity index is 404. The van der Waals surface area contributed by atoms with E-state index in [0.29, 0.717) is 18.2 Å². The summed E-state index contributed by atoms with van der Waals surface area (Å²) in [6.07, 6.45) is 4.92. The van der Waals surface area contributed by atoms with Crippen molar-refractivity contribution in [2.45, 2.75) is 6.92 Å². The molecule has 15 heavy (non-hydrogen) atoms. The van der Waals surface area contributed by atoms with E-state index < -0.39 is 11.0 Å². The smallest absolute Gasteiger partial charge is 0.473 e. The highest BCUT2D eigenvalue weighted by atomic mass is 32.2. The van der Waals surface area contributed by atoms with Crippen LogP contribution in [-0.2, 0) is 11.0 Å². The Morgan fingerprint density at radius 2 is 2.40 bits per heavy atom. The van der Waals surface area contributed by atoms with Crippen LogP contribution in [0.5, 0.6) is 5.88 Å². The summed E-state index contributed by atoms with van der Waals surface area (Å²) in [6, 6.07) is 3.34. The first-order valence-corrected chi connectivity index (χ1v) is 5.87. The molecule has 0 aliphatic carbocycles. The van der Waals surface area contributed by atoms with Gasteiger partial charge in [-0.2, -0.15) is 0 Å². The molecule has 1 heterocycles. The number of pyridine rings is 1. The van der Waals surface area contributed by atoms with E-state index in [1.54, 1.807) is 18.4 Å². The lowest BCUT2D eigenvalue weighted by molar-refractivity contribution is -0.314. The van der Waals surface area contributed by atoms with Crippen LogP contribution in [0.25, 0.3) is 0 Å². The second-order valence-electron chi connectivity index (χ2n) is 2.63. The summed E-state index contributed by atoms with van der Waals surface area (Å²) in [5, 5.41) is 8.79. The molecule has 1 aromatic heterocycles. The molecule has 0 saturated carbocycles. The van der Waals surface area contributed by atoms with Crippen molar-refractivity contribution in [2.24, 2.45) is 0 Å². The van der Waals surface area contributed by atoms with Crippen LogP contribution in [-0.4, -0.2) is 26.3 Å². The fraction of sp³-hybridized carbons (Fsp3) is 0.333. The Labute approximate surface area is 90.9 Å². The van der Waals surface area contributed by atoms with E-state index in [-0.39, 0.29) is 0 Å². The van der Waals surface area contributed by atoms with E-state index in [0.717, 1.165) is 0 Å². The molecular formula is C9H12N3O2S+. The minimum absolute atomic E-state index is 0.507. The second-order valence-corrected chi connectivity index (χ2v) is 3.89. The third-order valence-corrected chi connectivity index (χ3v) is 2.42. The molecular weight excluding hydrogens is 214 g/mol. The van der Waals surface area contributed by atoms with E-state index in [1.807, 2.05) is 13.1 Å². The van der Waals surface area contributed by atoms with E-state index in [9.17, 15) is 4.55 Å². The molecule has 1 rings (SSSR count). The fourth-order valence-corrected chi connectivity index (χ4v) is 1.53. The molecule has 0 bridgehead atoms. The molecule has 0 aromatic carbocycles. The Hall–Kier alpha value is -1.45. The highest BCUT2D eigenvalue weighted by molar-refractivity contribution is 7.78. The highest BCUT2D eigenvalue weighted by Gasteiger charge is 2.09. The Kier molecular flexibility index (Phi) is 4.21. The number of nitriles is 1. The van der Waals surface area contributed by atoms with Gasteiger partial charge >= 0.3 is 6.19 Å². The SMILES string of the molecule is CCOc1ccc([N+](C#N)=S(C)O)cn1. The summed E-state index contributed by atoms with van der Waals surface area (Å²) in [5.41, 5.74) is 0.550.